The number of nitrogens with two attached hydrogens (primary N) is 1. The maximum absolute atomic E-state index is 9.56. The van der Waals surface area contributed by atoms with Crippen LogP contribution in [0.1, 0.15) is 48.6 Å². The Bertz CT molecular complexity index is 1260. The summed E-state index contributed by atoms with van der Waals surface area (Å²) in [6.07, 6.45) is 6.90. The molecule has 7 heteroatoms. The Morgan fingerprint density at radius 2 is 1.82 bits per heavy atom. The van der Waals surface area contributed by atoms with Crippen LogP contribution in [0.3, 0.4) is 0 Å². The van der Waals surface area contributed by atoms with Crippen LogP contribution in [-0.4, -0.2) is 44.6 Å². The number of pyridine rings is 2. The maximum atomic E-state index is 9.56. The summed E-state index contributed by atoms with van der Waals surface area (Å²) in [5.74, 6) is 1.11. The molecule has 34 heavy (non-hydrogen) atoms. The van der Waals surface area contributed by atoms with E-state index in [1.54, 1.807) is 0 Å². The van der Waals surface area contributed by atoms with Gasteiger partial charge in [-0.1, -0.05) is 12.1 Å². The molecule has 0 saturated carbocycles. The third-order valence-electron chi connectivity index (χ3n) is 6.54. The number of unbranched alkanes of at least 4 members (excludes halogenated alkanes) is 1. The second-order valence-electron chi connectivity index (χ2n) is 8.85. The van der Waals surface area contributed by atoms with Crippen molar-refractivity contribution < 1.29 is 9.84 Å². The second-order valence-corrected chi connectivity index (χ2v) is 8.85. The predicted molar refractivity (Wildman–Crippen MR) is 133 cm³/mol. The zero-order valence-electron chi connectivity index (χ0n) is 19.4. The van der Waals surface area contributed by atoms with E-state index >= 15 is 0 Å². The normalized spacial score (nSPS) is 14.6. The highest BCUT2D eigenvalue weighted by Gasteiger charge is 2.22. The Morgan fingerprint density at radius 3 is 2.65 bits per heavy atom. The topological polar surface area (TPSA) is 99.1 Å². The number of aliphatic hydroxyl groups excluding tert-OH is 1. The molecular weight excluding hydrogens is 426 g/mol. The zero-order valence-corrected chi connectivity index (χ0v) is 19.4. The SMILES string of the molecule is NCCCCc1cccc(-c2cc(C3CCOCC3)c3cnn(-c4cccc(CO)n4)c3c2)n1. The first-order valence-electron chi connectivity index (χ1n) is 12.1. The largest absolute Gasteiger partial charge is 0.390 e. The van der Waals surface area contributed by atoms with E-state index in [1.807, 2.05) is 29.1 Å². The number of hydrogen-bond donors (Lipinski definition) is 2. The average molecular weight is 458 g/mol. The van der Waals surface area contributed by atoms with Gasteiger partial charge in [-0.25, -0.2) is 9.67 Å². The van der Waals surface area contributed by atoms with Crippen molar-refractivity contribution in [2.75, 3.05) is 19.8 Å². The standard InChI is InChI=1S/C27H31N5O2/c28-12-2-1-5-21-6-3-8-25(30-21)20-15-23(19-10-13-34-14-11-19)24-17-29-32(26(24)16-20)27-9-4-7-22(18-33)31-27/h3-4,6-9,15-17,19,33H,1-2,5,10-14,18,28H2. The highest BCUT2D eigenvalue weighted by atomic mass is 16.5. The van der Waals surface area contributed by atoms with Gasteiger partial charge >= 0.3 is 0 Å². The van der Waals surface area contributed by atoms with Crippen LogP contribution in [0.5, 0.6) is 0 Å². The third-order valence-corrected chi connectivity index (χ3v) is 6.54. The number of hydrogen-bond acceptors (Lipinski definition) is 6. The molecule has 0 atom stereocenters. The van der Waals surface area contributed by atoms with E-state index in [-0.39, 0.29) is 6.61 Å². The summed E-state index contributed by atoms with van der Waals surface area (Å²) in [5, 5.41) is 15.4. The second kappa shape index (κ2) is 10.4. The summed E-state index contributed by atoms with van der Waals surface area (Å²) in [5.41, 5.74) is 11.7. The monoisotopic (exact) mass is 457 g/mol. The minimum Gasteiger partial charge on any atom is -0.390 e. The van der Waals surface area contributed by atoms with Crippen molar-refractivity contribution in [3.05, 3.63) is 71.7 Å². The molecule has 0 amide bonds. The Kier molecular flexibility index (Phi) is 6.94. The van der Waals surface area contributed by atoms with Crippen molar-refractivity contribution in [1.29, 1.82) is 0 Å². The molecule has 4 heterocycles. The molecule has 1 fully saturated rings. The molecule has 0 aliphatic carbocycles. The van der Waals surface area contributed by atoms with Gasteiger partial charge in [-0.3, -0.25) is 4.98 Å². The van der Waals surface area contributed by atoms with E-state index in [2.05, 4.69) is 35.3 Å². The predicted octanol–water partition coefficient (Wildman–Crippen LogP) is 4.15. The Balaban J connectivity index is 1.62. The summed E-state index contributed by atoms with van der Waals surface area (Å²) in [6, 6.07) is 16.3. The van der Waals surface area contributed by atoms with E-state index in [1.165, 1.54) is 5.56 Å². The molecule has 1 aliphatic heterocycles. The van der Waals surface area contributed by atoms with Crippen LogP contribution in [0, 0.1) is 0 Å². The molecule has 0 radical (unpaired) electrons. The van der Waals surface area contributed by atoms with Crippen molar-refractivity contribution >= 4 is 10.9 Å². The summed E-state index contributed by atoms with van der Waals surface area (Å²) in [7, 11) is 0. The van der Waals surface area contributed by atoms with E-state index < -0.39 is 0 Å². The van der Waals surface area contributed by atoms with Gasteiger partial charge in [-0.05, 0) is 86.5 Å². The molecule has 1 aliphatic rings. The Hall–Kier alpha value is -3.13. The van der Waals surface area contributed by atoms with Crippen molar-refractivity contribution in [2.45, 2.75) is 44.6 Å². The molecule has 3 N–H and O–H groups in total. The van der Waals surface area contributed by atoms with Gasteiger partial charge < -0.3 is 15.6 Å². The van der Waals surface area contributed by atoms with Crippen LogP contribution in [0.4, 0.5) is 0 Å². The van der Waals surface area contributed by atoms with E-state index in [0.29, 0.717) is 24.0 Å². The van der Waals surface area contributed by atoms with Crippen molar-refractivity contribution in [1.82, 2.24) is 19.7 Å². The number of aromatic nitrogens is 4. The molecule has 5 rings (SSSR count). The van der Waals surface area contributed by atoms with Crippen LogP contribution in [0.25, 0.3) is 28.0 Å². The third kappa shape index (κ3) is 4.73. The average Bonchev–Trinajstić information content (AvgIpc) is 3.33. The highest BCUT2D eigenvalue weighted by Crippen LogP contribution is 2.36. The highest BCUT2D eigenvalue weighted by molar-refractivity contribution is 5.88. The first-order valence-corrected chi connectivity index (χ1v) is 12.1. The fraction of sp³-hybridized carbons (Fsp3) is 0.370. The minimum absolute atomic E-state index is 0.105. The summed E-state index contributed by atoms with van der Waals surface area (Å²) < 4.78 is 7.50. The van der Waals surface area contributed by atoms with Crippen LogP contribution < -0.4 is 5.73 Å². The van der Waals surface area contributed by atoms with Crippen LogP contribution in [-0.2, 0) is 17.8 Å². The summed E-state index contributed by atoms with van der Waals surface area (Å²) in [4.78, 5) is 9.57. The number of aryl methyl sites for hydroxylation is 1. The van der Waals surface area contributed by atoms with Gasteiger partial charge in [-0.15, -0.1) is 0 Å². The fourth-order valence-corrected chi connectivity index (χ4v) is 4.73. The fourth-order valence-electron chi connectivity index (χ4n) is 4.73. The van der Waals surface area contributed by atoms with Crippen molar-refractivity contribution in [3.8, 4) is 17.1 Å². The molecule has 1 aromatic carbocycles. The smallest absolute Gasteiger partial charge is 0.154 e. The van der Waals surface area contributed by atoms with Crippen LogP contribution >= 0.6 is 0 Å². The van der Waals surface area contributed by atoms with Gasteiger partial charge in [0.25, 0.3) is 0 Å². The van der Waals surface area contributed by atoms with Gasteiger partial charge in [0.1, 0.15) is 0 Å². The Labute approximate surface area is 199 Å². The number of rotatable bonds is 8. The van der Waals surface area contributed by atoms with Gasteiger partial charge in [0.15, 0.2) is 5.82 Å². The van der Waals surface area contributed by atoms with Gasteiger partial charge in [0.05, 0.1) is 29.7 Å². The molecule has 1 saturated heterocycles. The molecule has 3 aromatic heterocycles. The van der Waals surface area contributed by atoms with Crippen molar-refractivity contribution in [2.24, 2.45) is 5.73 Å². The molecule has 0 spiro atoms. The summed E-state index contributed by atoms with van der Waals surface area (Å²) in [6.45, 7) is 2.16. The maximum Gasteiger partial charge on any atom is 0.154 e. The van der Waals surface area contributed by atoms with Gasteiger partial charge in [0.2, 0.25) is 0 Å². The number of benzene rings is 1. The van der Waals surface area contributed by atoms with Crippen molar-refractivity contribution in [3.63, 3.8) is 0 Å². The molecule has 176 valence electrons. The lowest BCUT2D eigenvalue weighted by Crippen LogP contribution is -2.14. The van der Waals surface area contributed by atoms with E-state index in [9.17, 15) is 5.11 Å². The first kappa shape index (κ1) is 22.7. The quantitative estimate of drug-likeness (QED) is 0.386. The lowest BCUT2D eigenvalue weighted by molar-refractivity contribution is 0.0856. The number of nitrogens with zero attached hydrogens (tertiary/aromatic N) is 4. The zero-order chi connectivity index (χ0) is 23.3. The molecular formula is C27H31N5O2. The lowest BCUT2D eigenvalue weighted by atomic mass is 9.88. The number of fused-ring (bicyclic) bond motifs is 1. The molecule has 7 nitrogen and oxygen atoms in total. The first-order chi connectivity index (χ1) is 16.8. The number of aliphatic hydroxyl groups is 1. The molecule has 4 aromatic rings. The van der Waals surface area contributed by atoms with E-state index in [0.717, 1.165) is 73.2 Å². The van der Waals surface area contributed by atoms with E-state index in [4.69, 9.17) is 20.6 Å². The Morgan fingerprint density at radius 1 is 1.00 bits per heavy atom. The summed E-state index contributed by atoms with van der Waals surface area (Å²) >= 11 is 0. The van der Waals surface area contributed by atoms with Gasteiger partial charge in [0, 0.05) is 29.9 Å². The molecule has 0 bridgehead atoms. The number of ether oxygens (including phenoxy) is 1. The van der Waals surface area contributed by atoms with Crippen LogP contribution in [0.15, 0.2) is 54.7 Å². The molecule has 0 unspecified atom stereocenters. The minimum atomic E-state index is -0.105. The lowest BCUT2D eigenvalue weighted by Gasteiger charge is -2.23. The van der Waals surface area contributed by atoms with Crippen LogP contribution in [0.2, 0.25) is 0 Å². The van der Waals surface area contributed by atoms with Gasteiger partial charge in [-0.2, -0.15) is 5.10 Å².